The zero-order valence-corrected chi connectivity index (χ0v) is 16.4. The lowest BCUT2D eigenvalue weighted by atomic mass is 10.2. The lowest BCUT2D eigenvalue weighted by molar-refractivity contribution is -0.118. The molecule has 10 heteroatoms. The molecule has 1 rings (SSSR count). The number of ether oxygens (including phenoxy) is 2. The molecule has 0 heterocycles. The van der Waals surface area contributed by atoms with Crippen LogP contribution in [0, 0.1) is 12.3 Å². The highest BCUT2D eigenvalue weighted by Crippen LogP contribution is 2.27. The monoisotopic (exact) mass is 397 g/mol. The number of carbonyl (C=O) groups excluding carboxylic acids is 2. The Hall–Kier alpha value is -2.93. The quantitative estimate of drug-likeness (QED) is 0.588. The molecule has 148 valence electrons. The minimum absolute atomic E-state index is 0.184. The molecule has 1 aromatic carbocycles. The Balaban J connectivity index is 2.78. The van der Waals surface area contributed by atoms with Crippen molar-refractivity contribution < 1.29 is 27.5 Å². The van der Waals surface area contributed by atoms with Crippen LogP contribution >= 0.6 is 0 Å². The Morgan fingerprint density at radius 3 is 2.48 bits per heavy atom. The lowest BCUT2D eigenvalue weighted by Crippen LogP contribution is -2.41. The van der Waals surface area contributed by atoms with Gasteiger partial charge in [0.1, 0.15) is 17.9 Å². The summed E-state index contributed by atoms with van der Waals surface area (Å²) < 4.78 is 36.6. The van der Waals surface area contributed by atoms with E-state index in [1.54, 1.807) is 20.8 Å². The van der Waals surface area contributed by atoms with Crippen LogP contribution in [0.3, 0.4) is 0 Å². The number of anilines is 1. The average molecular weight is 397 g/mol. The highest BCUT2D eigenvalue weighted by atomic mass is 32.2. The molecular weight excluding hydrogens is 374 g/mol. The standard InChI is InChI=1S/C17H23N3O6S/c1-6-9-18-13-8-7-12(10-14(13)25-5)27(23,24)20-15(21)11-19-16(22)26-17(2,3)4/h1,7-8,10,18H,9,11H2,2-5H3,(H,19,22)(H,20,21). The van der Waals surface area contributed by atoms with Crippen molar-refractivity contribution in [3.63, 3.8) is 0 Å². The topological polar surface area (TPSA) is 123 Å². The van der Waals surface area contributed by atoms with Crippen molar-refractivity contribution in [2.45, 2.75) is 31.3 Å². The van der Waals surface area contributed by atoms with Crippen molar-refractivity contribution in [3.8, 4) is 18.1 Å². The van der Waals surface area contributed by atoms with E-state index in [1.807, 2.05) is 4.72 Å². The van der Waals surface area contributed by atoms with E-state index in [0.717, 1.165) is 0 Å². The molecule has 27 heavy (non-hydrogen) atoms. The van der Waals surface area contributed by atoms with Crippen LogP contribution in [0.2, 0.25) is 0 Å². The number of alkyl carbamates (subject to hydrolysis) is 1. The summed E-state index contributed by atoms with van der Waals surface area (Å²) in [6.07, 6.45) is 4.34. The molecular formula is C17H23N3O6S. The van der Waals surface area contributed by atoms with E-state index in [1.165, 1.54) is 25.3 Å². The van der Waals surface area contributed by atoms with E-state index in [0.29, 0.717) is 5.69 Å². The SMILES string of the molecule is C#CCNc1ccc(S(=O)(=O)NC(=O)CNC(=O)OC(C)(C)C)cc1OC. The molecule has 0 saturated carbocycles. The molecule has 0 spiro atoms. The summed E-state index contributed by atoms with van der Waals surface area (Å²) in [4.78, 5) is 23.2. The van der Waals surface area contributed by atoms with Gasteiger partial charge >= 0.3 is 6.09 Å². The normalized spacial score (nSPS) is 11.1. The third-order valence-corrected chi connectivity index (χ3v) is 4.28. The molecule has 0 fully saturated rings. The zero-order valence-electron chi connectivity index (χ0n) is 15.6. The second-order valence-corrected chi connectivity index (χ2v) is 7.99. The third-order valence-electron chi connectivity index (χ3n) is 2.90. The van der Waals surface area contributed by atoms with Crippen LogP contribution in [0.4, 0.5) is 10.5 Å². The fraction of sp³-hybridized carbons (Fsp3) is 0.412. The average Bonchev–Trinajstić information content (AvgIpc) is 2.56. The van der Waals surface area contributed by atoms with Crippen LogP contribution in [0.1, 0.15) is 20.8 Å². The molecule has 0 bridgehead atoms. The number of sulfonamides is 1. The van der Waals surface area contributed by atoms with E-state index in [-0.39, 0.29) is 17.2 Å². The third kappa shape index (κ3) is 7.45. The number of hydrogen-bond donors (Lipinski definition) is 3. The first-order valence-corrected chi connectivity index (χ1v) is 9.34. The smallest absolute Gasteiger partial charge is 0.408 e. The number of amides is 2. The van der Waals surface area contributed by atoms with E-state index in [9.17, 15) is 18.0 Å². The molecule has 0 atom stereocenters. The summed E-state index contributed by atoms with van der Waals surface area (Å²) in [5.74, 6) is 1.71. The van der Waals surface area contributed by atoms with E-state index < -0.39 is 34.2 Å². The second kappa shape index (κ2) is 9.14. The van der Waals surface area contributed by atoms with Crippen LogP contribution in [0.5, 0.6) is 5.75 Å². The predicted molar refractivity (Wildman–Crippen MR) is 99.9 cm³/mol. The van der Waals surface area contributed by atoms with Crippen molar-refractivity contribution in [1.29, 1.82) is 0 Å². The van der Waals surface area contributed by atoms with Crippen LogP contribution < -0.4 is 20.1 Å². The van der Waals surface area contributed by atoms with Gasteiger partial charge in [-0.15, -0.1) is 6.42 Å². The van der Waals surface area contributed by atoms with E-state index in [2.05, 4.69) is 16.6 Å². The summed E-state index contributed by atoms with van der Waals surface area (Å²) in [7, 11) is -2.78. The van der Waals surface area contributed by atoms with E-state index >= 15 is 0 Å². The minimum Gasteiger partial charge on any atom is -0.495 e. The molecule has 0 unspecified atom stereocenters. The number of nitrogens with one attached hydrogen (secondary N) is 3. The van der Waals surface area contributed by atoms with Gasteiger partial charge in [0.05, 0.1) is 24.2 Å². The highest BCUT2D eigenvalue weighted by molar-refractivity contribution is 7.90. The van der Waals surface area contributed by atoms with Crippen molar-refractivity contribution in [2.75, 3.05) is 25.5 Å². The molecule has 2 amide bonds. The Kier molecular flexibility index (Phi) is 7.48. The molecule has 1 aromatic rings. The summed E-state index contributed by atoms with van der Waals surface area (Å²) in [6.45, 7) is 4.65. The van der Waals surface area contributed by atoms with Gasteiger partial charge in [0.25, 0.3) is 15.9 Å². The maximum Gasteiger partial charge on any atom is 0.408 e. The van der Waals surface area contributed by atoms with Gasteiger partial charge in [-0.1, -0.05) is 5.92 Å². The first-order chi connectivity index (χ1) is 12.5. The van der Waals surface area contributed by atoms with Crippen molar-refractivity contribution in [2.24, 2.45) is 0 Å². The van der Waals surface area contributed by atoms with Crippen LogP contribution in [0.25, 0.3) is 0 Å². The Bertz CT molecular complexity index is 837. The van der Waals surface area contributed by atoms with Crippen molar-refractivity contribution in [1.82, 2.24) is 10.0 Å². The van der Waals surface area contributed by atoms with Crippen LogP contribution in [-0.2, 0) is 19.6 Å². The van der Waals surface area contributed by atoms with Gasteiger partial charge in [-0.2, -0.15) is 0 Å². The number of terminal acetylenes is 1. The number of benzene rings is 1. The van der Waals surface area contributed by atoms with Gasteiger partial charge < -0.3 is 20.1 Å². The summed E-state index contributed by atoms with van der Waals surface area (Å²) in [5, 5.41) is 5.06. The number of hydrogen-bond acceptors (Lipinski definition) is 7. The van der Waals surface area contributed by atoms with Gasteiger partial charge in [-0.05, 0) is 32.9 Å². The maximum atomic E-state index is 12.3. The fourth-order valence-electron chi connectivity index (χ4n) is 1.84. The molecule has 9 nitrogen and oxygen atoms in total. The van der Waals surface area contributed by atoms with Gasteiger partial charge in [0.15, 0.2) is 0 Å². The fourth-order valence-corrected chi connectivity index (χ4v) is 2.84. The minimum atomic E-state index is -4.15. The van der Waals surface area contributed by atoms with Gasteiger partial charge in [-0.3, -0.25) is 4.79 Å². The molecule has 0 aromatic heterocycles. The molecule has 0 saturated heterocycles. The van der Waals surface area contributed by atoms with Crippen molar-refractivity contribution >= 4 is 27.7 Å². The highest BCUT2D eigenvalue weighted by Gasteiger charge is 2.21. The van der Waals surface area contributed by atoms with E-state index in [4.69, 9.17) is 15.9 Å². The Morgan fingerprint density at radius 2 is 1.93 bits per heavy atom. The molecule has 0 radical (unpaired) electrons. The number of rotatable bonds is 7. The van der Waals surface area contributed by atoms with Gasteiger partial charge in [0.2, 0.25) is 0 Å². The Morgan fingerprint density at radius 1 is 1.26 bits per heavy atom. The zero-order chi connectivity index (χ0) is 20.7. The largest absolute Gasteiger partial charge is 0.495 e. The molecule has 3 N–H and O–H groups in total. The van der Waals surface area contributed by atoms with Gasteiger partial charge in [0, 0.05) is 6.07 Å². The summed E-state index contributed by atoms with van der Waals surface area (Å²) >= 11 is 0. The summed E-state index contributed by atoms with van der Waals surface area (Å²) in [6, 6.07) is 4.00. The lowest BCUT2D eigenvalue weighted by Gasteiger charge is -2.19. The number of carbonyl (C=O) groups is 2. The van der Waals surface area contributed by atoms with Crippen molar-refractivity contribution in [3.05, 3.63) is 18.2 Å². The first kappa shape index (κ1) is 22.1. The van der Waals surface area contributed by atoms with Crippen LogP contribution in [-0.4, -0.2) is 46.2 Å². The van der Waals surface area contributed by atoms with Crippen LogP contribution in [0.15, 0.2) is 23.1 Å². The predicted octanol–water partition coefficient (Wildman–Crippen LogP) is 1.07. The molecule has 0 aliphatic rings. The first-order valence-electron chi connectivity index (χ1n) is 7.86. The molecule has 0 aliphatic heterocycles. The molecule has 0 aliphatic carbocycles. The number of methoxy groups -OCH3 is 1. The summed E-state index contributed by atoms with van der Waals surface area (Å²) in [5.41, 5.74) is -0.231. The Labute approximate surface area is 158 Å². The van der Waals surface area contributed by atoms with Gasteiger partial charge in [-0.25, -0.2) is 17.9 Å². The maximum absolute atomic E-state index is 12.3. The second-order valence-electron chi connectivity index (χ2n) is 6.30.